The highest BCUT2D eigenvalue weighted by atomic mass is 16.5. The van der Waals surface area contributed by atoms with E-state index in [9.17, 15) is 9.59 Å². The standard InChI is InChI=1S/C15H15NO4/c1-19-13(17)8-12-14(15(18)20-2)11(9-16-12)10-6-4-3-5-7-10/h3-7,9,16H,8H2,1-2H3. The molecular weight excluding hydrogens is 258 g/mol. The molecule has 2 aromatic rings. The minimum atomic E-state index is -0.482. The number of hydrogen-bond donors (Lipinski definition) is 1. The van der Waals surface area contributed by atoms with E-state index in [4.69, 9.17) is 4.74 Å². The van der Waals surface area contributed by atoms with Crippen LogP contribution in [-0.2, 0) is 20.7 Å². The lowest BCUT2D eigenvalue weighted by Gasteiger charge is -2.05. The zero-order valence-electron chi connectivity index (χ0n) is 11.3. The van der Waals surface area contributed by atoms with Gasteiger partial charge < -0.3 is 14.5 Å². The van der Waals surface area contributed by atoms with Crippen LogP contribution >= 0.6 is 0 Å². The van der Waals surface area contributed by atoms with Crippen LogP contribution in [-0.4, -0.2) is 31.1 Å². The predicted octanol–water partition coefficient (Wildman–Crippen LogP) is 2.18. The van der Waals surface area contributed by atoms with E-state index in [0.717, 1.165) is 5.56 Å². The summed E-state index contributed by atoms with van der Waals surface area (Å²) in [6, 6.07) is 9.42. The van der Waals surface area contributed by atoms with Gasteiger partial charge in [-0.2, -0.15) is 0 Å². The number of nitrogens with one attached hydrogen (secondary N) is 1. The Hall–Kier alpha value is -2.56. The Morgan fingerprint density at radius 2 is 1.80 bits per heavy atom. The summed E-state index contributed by atoms with van der Waals surface area (Å²) >= 11 is 0. The monoisotopic (exact) mass is 273 g/mol. The minimum Gasteiger partial charge on any atom is -0.469 e. The number of aromatic nitrogens is 1. The van der Waals surface area contributed by atoms with Crippen molar-refractivity contribution in [3.63, 3.8) is 0 Å². The van der Waals surface area contributed by atoms with Crippen LogP contribution in [0.4, 0.5) is 0 Å². The van der Waals surface area contributed by atoms with Crippen molar-refractivity contribution in [2.45, 2.75) is 6.42 Å². The highest BCUT2D eigenvalue weighted by molar-refractivity contribution is 5.99. The lowest BCUT2D eigenvalue weighted by atomic mass is 10.0. The van der Waals surface area contributed by atoms with Gasteiger partial charge in [-0.15, -0.1) is 0 Å². The zero-order chi connectivity index (χ0) is 14.5. The molecule has 20 heavy (non-hydrogen) atoms. The van der Waals surface area contributed by atoms with E-state index in [0.29, 0.717) is 16.8 Å². The Morgan fingerprint density at radius 3 is 2.40 bits per heavy atom. The molecule has 5 heteroatoms. The number of benzene rings is 1. The third-order valence-corrected chi connectivity index (χ3v) is 2.98. The largest absolute Gasteiger partial charge is 0.469 e. The van der Waals surface area contributed by atoms with Crippen molar-refractivity contribution < 1.29 is 19.1 Å². The van der Waals surface area contributed by atoms with Gasteiger partial charge in [0.2, 0.25) is 0 Å². The van der Waals surface area contributed by atoms with Crippen LogP contribution in [0.5, 0.6) is 0 Å². The van der Waals surface area contributed by atoms with E-state index in [1.54, 1.807) is 6.20 Å². The molecule has 1 N–H and O–H groups in total. The van der Waals surface area contributed by atoms with Gasteiger partial charge in [-0.05, 0) is 5.56 Å². The second-order valence-corrected chi connectivity index (χ2v) is 4.17. The first-order valence-electron chi connectivity index (χ1n) is 6.08. The number of methoxy groups -OCH3 is 2. The molecule has 0 bridgehead atoms. The van der Waals surface area contributed by atoms with E-state index in [2.05, 4.69) is 9.72 Å². The first kappa shape index (κ1) is 13.9. The molecule has 5 nitrogen and oxygen atoms in total. The fourth-order valence-electron chi connectivity index (χ4n) is 2.00. The van der Waals surface area contributed by atoms with Crippen molar-refractivity contribution >= 4 is 11.9 Å². The van der Waals surface area contributed by atoms with Crippen molar-refractivity contribution in [3.8, 4) is 11.1 Å². The van der Waals surface area contributed by atoms with Crippen LogP contribution in [0.1, 0.15) is 16.1 Å². The quantitative estimate of drug-likeness (QED) is 0.867. The van der Waals surface area contributed by atoms with Gasteiger partial charge in [-0.1, -0.05) is 30.3 Å². The Kier molecular flexibility index (Phi) is 4.20. The Bertz CT molecular complexity index is 616. The Morgan fingerprint density at radius 1 is 1.10 bits per heavy atom. The number of carbonyl (C=O) groups is 2. The molecule has 0 atom stereocenters. The van der Waals surface area contributed by atoms with Gasteiger partial charge in [0, 0.05) is 17.5 Å². The maximum atomic E-state index is 12.0. The van der Waals surface area contributed by atoms with Gasteiger partial charge in [-0.3, -0.25) is 4.79 Å². The average molecular weight is 273 g/mol. The van der Waals surface area contributed by atoms with Crippen LogP contribution in [0.2, 0.25) is 0 Å². The highest BCUT2D eigenvalue weighted by Gasteiger charge is 2.22. The lowest BCUT2D eigenvalue weighted by Crippen LogP contribution is -2.11. The van der Waals surface area contributed by atoms with Crippen molar-refractivity contribution in [2.75, 3.05) is 14.2 Å². The zero-order valence-corrected chi connectivity index (χ0v) is 11.3. The molecule has 0 spiro atoms. The molecule has 0 aliphatic heterocycles. The molecule has 1 aromatic heterocycles. The molecule has 0 saturated heterocycles. The topological polar surface area (TPSA) is 68.4 Å². The summed E-state index contributed by atoms with van der Waals surface area (Å²) in [6.45, 7) is 0. The first-order chi connectivity index (χ1) is 9.67. The predicted molar refractivity (Wildman–Crippen MR) is 73.3 cm³/mol. The second-order valence-electron chi connectivity index (χ2n) is 4.17. The molecule has 0 radical (unpaired) electrons. The molecule has 104 valence electrons. The van der Waals surface area contributed by atoms with Gasteiger partial charge in [0.05, 0.1) is 26.2 Å². The summed E-state index contributed by atoms with van der Waals surface area (Å²) in [5, 5.41) is 0. The van der Waals surface area contributed by atoms with Gasteiger partial charge in [0.25, 0.3) is 0 Å². The summed E-state index contributed by atoms with van der Waals surface area (Å²) in [4.78, 5) is 26.3. The smallest absolute Gasteiger partial charge is 0.340 e. The average Bonchev–Trinajstić information content (AvgIpc) is 2.90. The van der Waals surface area contributed by atoms with E-state index in [1.165, 1.54) is 14.2 Å². The van der Waals surface area contributed by atoms with Crippen molar-refractivity contribution in [3.05, 3.63) is 47.8 Å². The molecule has 2 rings (SSSR count). The summed E-state index contributed by atoms with van der Waals surface area (Å²) in [7, 11) is 2.62. The third kappa shape index (κ3) is 2.71. The van der Waals surface area contributed by atoms with Crippen molar-refractivity contribution in [2.24, 2.45) is 0 Å². The Labute approximate surface area is 116 Å². The summed E-state index contributed by atoms with van der Waals surface area (Å²) in [6.07, 6.45) is 1.69. The summed E-state index contributed by atoms with van der Waals surface area (Å²) in [5.41, 5.74) is 2.43. The van der Waals surface area contributed by atoms with E-state index in [-0.39, 0.29) is 6.42 Å². The molecule has 1 heterocycles. The van der Waals surface area contributed by atoms with Crippen LogP contribution in [0.25, 0.3) is 11.1 Å². The summed E-state index contributed by atoms with van der Waals surface area (Å²) in [5.74, 6) is -0.902. The van der Waals surface area contributed by atoms with Gasteiger partial charge in [0.1, 0.15) is 0 Å². The van der Waals surface area contributed by atoms with Crippen LogP contribution in [0.3, 0.4) is 0 Å². The molecule has 1 aromatic carbocycles. The third-order valence-electron chi connectivity index (χ3n) is 2.98. The van der Waals surface area contributed by atoms with Crippen LogP contribution < -0.4 is 0 Å². The maximum absolute atomic E-state index is 12.0. The fraction of sp³-hybridized carbons (Fsp3) is 0.200. The number of carbonyl (C=O) groups excluding carboxylic acids is 2. The minimum absolute atomic E-state index is 0.00618. The van der Waals surface area contributed by atoms with E-state index >= 15 is 0 Å². The maximum Gasteiger partial charge on any atom is 0.340 e. The fourth-order valence-corrected chi connectivity index (χ4v) is 2.00. The Balaban J connectivity index is 2.48. The van der Waals surface area contributed by atoms with Crippen LogP contribution in [0.15, 0.2) is 36.5 Å². The second kappa shape index (κ2) is 6.06. The van der Waals surface area contributed by atoms with Crippen LogP contribution in [0, 0.1) is 0 Å². The normalized spacial score (nSPS) is 10.1. The SMILES string of the molecule is COC(=O)Cc1[nH]cc(-c2ccccc2)c1C(=O)OC. The van der Waals surface area contributed by atoms with Gasteiger partial charge >= 0.3 is 11.9 Å². The highest BCUT2D eigenvalue weighted by Crippen LogP contribution is 2.27. The van der Waals surface area contributed by atoms with Gasteiger partial charge in [-0.25, -0.2) is 4.79 Å². The van der Waals surface area contributed by atoms with E-state index < -0.39 is 11.9 Å². The molecule has 0 saturated carbocycles. The number of ether oxygens (including phenoxy) is 2. The van der Waals surface area contributed by atoms with Gasteiger partial charge in [0.15, 0.2) is 0 Å². The first-order valence-corrected chi connectivity index (χ1v) is 6.08. The molecule has 0 unspecified atom stereocenters. The summed E-state index contributed by atoms with van der Waals surface area (Å²) < 4.78 is 9.43. The number of aromatic amines is 1. The van der Waals surface area contributed by atoms with E-state index in [1.807, 2.05) is 30.3 Å². The number of rotatable bonds is 4. The number of esters is 2. The number of hydrogen-bond acceptors (Lipinski definition) is 4. The number of H-pyrrole nitrogens is 1. The molecule has 0 aliphatic rings. The molecular formula is C15H15NO4. The molecule has 0 aliphatic carbocycles. The lowest BCUT2D eigenvalue weighted by molar-refractivity contribution is -0.139. The molecule has 0 fully saturated rings. The van der Waals surface area contributed by atoms with Crippen molar-refractivity contribution in [1.29, 1.82) is 0 Å². The van der Waals surface area contributed by atoms with Crippen molar-refractivity contribution in [1.82, 2.24) is 4.98 Å². The molecule has 0 amide bonds.